The Morgan fingerprint density at radius 3 is 1.97 bits per heavy atom. The van der Waals surface area contributed by atoms with E-state index in [0.29, 0.717) is 5.56 Å². The van der Waals surface area contributed by atoms with Crippen LogP contribution in [0.15, 0.2) is 115 Å². The zero-order valence-corrected chi connectivity index (χ0v) is 21.6. The monoisotopic (exact) mass is 522 g/mol. The third kappa shape index (κ3) is 4.77. The lowest BCUT2D eigenvalue weighted by molar-refractivity contribution is -0.132. The number of carbonyl (C=O) groups is 1. The molecule has 2 heterocycles. The van der Waals surface area contributed by atoms with Gasteiger partial charge in [0.05, 0.1) is 11.0 Å². The largest absolute Gasteiger partial charge is 0.477 e. The number of rotatable bonds is 6. The van der Waals surface area contributed by atoms with Gasteiger partial charge in [0.2, 0.25) is 0 Å². The molecule has 6 aromatic rings. The molecule has 0 atom stereocenters. The maximum atomic E-state index is 11.1. The third-order valence-corrected chi connectivity index (χ3v) is 7.75. The topological polar surface area (TPSA) is 66.0 Å². The van der Waals surface area contributed by atoms with E-state index in [2.05, 4.69) is 102 Å². The molecular weight excluding hydrogens is 500 g/mol. The highest BCUT2D eigenvalue weighted by Gasteiger charge is 2.11. The minimum absolute atomic E-state index is 0.283. The van der Waals surface area contributed by atoms with Crippen LogP contribution >= 0.6 is 11.3 Å². The number of carboxylic acids is 1. The van der Waals surface area contributed by atoms with E-state index in [1.165, 1.54) is 27.9 Å². The molecular formula is C34H22N2O2S. The Hall–Kier alpha value is -5.18. The van der Waals surface area contributed by atoms with E-state index in [0.717, 1.165) is 26.6 Å². The maximum absolute atomic E-state index is 11.1. The van der Waals surface area contributed by atoms with Crippen molar-refractivity contribution in [2.75, 3.05) is 0 Å². The van der Waals surface area contributed by atoms with Crippen molar-refractivity contribution in [3.05, 3.63) is 131 Å². The average Bonchev–Trinajstić information content (AvgIpc) is 3.58. The van der Waals surface area contributed by atoms with Crippen LogP contribution < -0.4 is 0 Å². The van der Waals surface area contributed by atoms with E-state index in [-0.39, 0.29) is 5.57 Å². The fraction of sp³-hybridized carbons (Fsp3) is 0. The molecule has 186 valence electrons. The zero-order valence-electron chi connectivity index (χ0n) is 20.8. The highest BCUT2D eigenvalue weighted by Crippen LogP contribution is 2.32. The van der Waals surface area contributed by atoms with Gasteiger partial charge >= 0.3 is 5.97 Å². The van der Waals surface area contributed by atoms with Gasteiger partial charge in [0.15, 0.2) is 0 Å². The van der Waals surface area contributed by atoms with Gasteiger partial charge in [-0.25, -0.2) is 4.79 Å². The highest BCUT2D eigenvalue weighted by atomic mass is 32.1. The fourth-order valence-electron chi connectivity index (χ4n) is 4.76. The summed E-state index contributed by atoms with van der Waals surface area (Å²) in [5.41, 5.74) is 6.09. The number of carboxylic acid groups (broad SMARTS) is 1. The predicted octanol–water partition coefficient (Wildman–Crippen LogP) is 8.67. The number of hydrogen-bond donors (Lipinski definition) is 1. The quantitative estimate of drug-likeness (QED) is 0.176. The standard InChI is InChI=1S/C34H22N2O2S/c35-22-26(34(37)38)21-24-9-14-25(15-10-24)33-20-19-28(39-33)18-13-23-11-16-27(17-12-23)36-31-7-3-1-5-29(31)30-6-2-4-8-32(30)36/h1-21H,(H,37,38). The van der Waals surface area contributed by atoms with Crippen molar-refractivity contribution >= 4 is 57.3 Å². The molecule has 1 N–H and O–H groups in total. The van der Waals surface area contributed by atoms with Crippen molar-refractivity contribution in [1.82, 2.24) is 4.57 Å². The Morgan fingerprint density at radius 2 is 1.36 bits per heavy atom. The molecule has 39 heavy (non-hydrogen) atoms. The molecule has 0 fully saturated rings. The van der Waals surface area contributed by atoms with Crippen molar-refractivity contribution < 1.29 is 9.90 Å². The summed E-state index contributed by atoms with van der Waals surface area (Å²) in [5, 5.41) is 20.5. The molecule has 2 aromatic heterocycles. The first kappa shape index (κ1) is 24.2. The third-order valence-electron chi connectivity index (χ3n) is 6.66. The number of hydrogen-bond acceptors (Lipinski definition) is 3. The van der Waals surface area contributed by atoms with Crippen LogP contribution in [-0.2, 0) is 4.79 Å². The summed E-state index contributed by atoms with van der Waals surface area (Å²) in [4.78, 5) is 13.3. The minimum Gasteiger partial charge on any atom is -0.477 e. The van der Waals surface area contributed by atoms with Crippen LogP contribution in [0.4, 0.5) is 0 Å². The Morgan fingerprint density at radius 1 is 0.744 bits per heavy atom. The molecule has 0 aliphatic rings. The van der Waals surface area contributed by atoms with Gasteiger partial charge < -0.3 is 9.67 Å². The highest BCUT2D eigenvalue weighted by molar-refractivity contribution is 7.16. The number of fused-ring (bicyclic) bond motifs is 3. The lowest BCUT2D eigenvalue weighted by Crippen LogP contribution is -1.97. The number of para-hydroxylation sites is 2. The molecule has 0 radical (unpaired) electrons. The Kier molecular flexibility index (Phi) is 6.38. The van der Waals surface area contributed by atoms with Gasteiger partial charge in [-0.1, -0.05) is 78.9 Å². The fourth-order valence-corrected chi connectivity index (χ4v) is 5.68. The van der Waals surface area contributed by atoms with Crippen LogP contribution in [0.2, 0.25) is 0 Å². The summed E-state index contributed by atoms with van der Waals surface area (Å²) in [5.74, 6) is -1.22. The molecule has 0 saturated heterocycles. The zero-order chi connectivity index (χ0) is 26.8. The van der Waals surface area contributed by atoms with Gasteiger partial charge in [-0.15, -0.1) is 11.3 Å². The van der Waals surface area contributed by atoms with Crippen LogP contribution in [0.25, 0.3) is 56.2 Å². The molecule has 4 nitrogen and oxygen atoms in total. The molecule has 0 spiro atoms. The maximum Gasteiger partial charge on any atom is 0.346 e. The molecule has 0 aliphatic heterocycles. The number of nitriles is 1. The number of nitrogens with zero attached hydrogens (tertiary/aromatic N) is 2. The second kappa shape index (κ2) is 10.3. The van der Waals surface area contributed by atoms with Crippen molar-refractivity contribution in [3.63, 3.8) is 0 Å². The van der Waals surface area contributed by atoms with Crippen LogP contribution in [0, 0.1) is 11.3 Å². The number of aliphatic carboxylic acids is 1. The lowest BCUT2D eigenvalue weighted by atomic mass is 10.1. The molecule has 5 heteroatoms. The molecule has 0 amide bonds. The molecule has 0 bridgehead atoms. The molecule has 0 saturated carbocycles. The average molecular weight is 523 g/mol. The summed E-state index contributed by atoms with van der Waals surface area (Å²) in [6.45, 7) is 0. The minimum atomic E-state index is -1.22. The lowest BCUT2D eigenvalue weighted by Gasteiger charge is -2.08. The smallest absolute Gasteiger partial charge is 0.346 e. The van der Waals surface area contributed by atoms with Crippen LogP contribution in [0.1, 0.15) is 16.0 Å². The van der Waals surface area contributed by atoms with E-state index in [1.807, 2.05) is 24.3 Å². The number of aromatic nitrogens is 1. The van der Waals surface area contributed by atoms with Gasteiger partial charge in [0.25, 0.3) is 0 Å². The summed E-state index contributed by atoms with van der Waals surface area (Å²) in [7, 11) is 0. The molecule has 6 rings (SSSR count). The molecule has 0 unspecified atom stereocenters. The van der Waals surface area contributed by atoms with Crippen LogP contribution in [-0.4, -0.2) is 15.6 Å². The number of benzene rings is 4. The van der Waals surface area contributed by atoms with Gasteiger partial charge in [-0.05, 0) is 65.2 Å². The van der Waals surface area contributed by atoms with Crippen LogP contribution in [0.5, 0.6) is 0 Å². The van der Waals surface area contributed by atoms with E-state index in [4.69, 9.17) is 10.4 Å². The first-order valence-corrected chi connectivity index (χ1v) is 13.2. The van der Waals surface area contributed by atoms with E-state index in [1.54, 1.807) is 17.4 Å². The van der Waals surface area contributed by atoms with Gasteiger partial charge in [-0.2, -0.15) is 5.26 Å². The van der Waals surface area contributed by atoms with E-state index in [9.17, 15) is 4.79 Å². The van der Waals surface area contributed by atoms with E-state index >= 15 is 0 Å². The second-order valence-electron chi connectivity index (χ2n) is 9.09. The SMILES string of the molecule is N#CC(=Cc1ccc(-c2ccc(C=Cc3ccc(-n4c5ccccc5c5ccccc54)cc3)s2)cc1)C(=O)O. The Balaban J connectivity index is 1.21. The summed E-state index contributed by atoms with van der Waals surface area (Å²) in [6.07, 6.45) is 5.61. The first-order chi connectivity index (χ1) is 19.1. The van der Waals surface area contributed by atoms with Crippen molar-refractivity contribution in [3.8, 4) is 22.2 Å². The molecule has 4 aromatic carbocycles. The molecule has 0 aliphatic carbocycles. The van der Waals surface area contributed by atoms with Crippen molar-refractivity contribution in [2.24, 2.45) is 0 Å². The number of thiophene rings is 1. The van der Waals surface area contributed by atoms with Crippen molar-refractivity contribution in [2.45, 2.75) is 0 Å². The first-order valence-electron chi connectivity index (χ1n) is 12.4. The normalized spacial score (nSPS) is 11.8. The van der Waals surface area contributed by atoms with Gasteiger partial charge in [0, 0.05) is 26.2 Å². The summed E-state index contributed by atoms with van der Waals surface area (Å²) >= 11 is 1.69. The van der Waals surface area contributed by atoms with E-state index < -0.39 is 5.97 Å². The van der Waals surface area contributed by atoms with Gasteiger partial charge in [-0.3, -0.25) is 0 Å². The summed E-state index contributed by atoms with van der Waals surface area (Å²) in [6, 6.07) is 39.0. The summed E-state index contributed by atoms with van der Waals surface area (Å²) < 4.78 is 2.31. The van der Waals surface area contributed by atoms with Crippen molar-refractivity contribution in [1.29, 1.82) is 5.26 Å². The Bertz CT molecular complexity index is 1880. The predicted molar refractivity (Wildman–Crippen MR) is 161 cm³/mol. The Labute approximate surface area is 229 Å². The van der Waals surface area contributed by atoms with Crippen LogP contribution in [0.3, 0.4) is 0 Å². The van der Waals surface area contributed by atoms with Gasteiger partial charge in [0.1, 0.15) is 11.6 Å². The second-order valence-corrected chi connectivity index (χ2v) is 10.2.